The Bertz CT molecular complexity index is 1180. The lowest BCUT2D eigenvalue weighted by atomic mass is 10.2. The number of ether oxygens (including phenoxy) is 1. The molecule has 0 radical (unpaired) electrons. The number of para-hydroxylation sites is 1. The summed E-state index contributed by atoms with van der Waals surface area (Å²) in [6, 6.07) is 20.9. The lowest BCUT2D eigenvalue weighted by molar-refractivity contribution is -0.113. The van der Waals surface area contributed by atoms with Crippen LogP contribution in [0.3, 0.4) is 0 Å². The third kappa shape index (κ3) is 5.17. The van der Waals surface area contributed by atoms with Crippen molar-refractivity contribution >= 4 is 96.1 Å². The van der Waals surface area contributed by atoms with Crippen molar-refractivity contribution in [2.45, 2.75) is 6.61 Å². The molecule has 0 bridgehead atoms. The van der Waals surface area contributed by atoms with Crippen molar-refractivity contribution in [1.29, 1.82) is 0 Å². The van der Waals surface area contributed by atoms with Gasteiger partial charge in [0.25, 0.3) is 5.91 Å². The van der Waals surface area contributed by atoms with Gasteiger partial charge in [-0.05, 0) is 80.5 Å². The summed E-state index contributed by atoms with van der Waals surface area (Å²) in [7, 11) is 0. The standard InChI is InChI=1S/C23H14BrClINO2S2/c24-17-10-14(11-19(26)21(17)29-13-15-6-4-5-9-18(15)25)12-20-22(28)27(23(30)31-20)16-7-2-1-3-8-16/h1-12H,13H2/b20-12+. The molecule has 0 unspecified atom stereocenters. The van der Waals surface area contributed by atoms with Gasteiger partial charge in [0.2, 0.25) is 0 Å². The Hall–Kier alpha value is -1.39. The Morgan fingerprint density at radius 2 is 1.84 bits per heavy atom. The zero-order chi connectivity index (χ0) is 22.0. The minimum atomic E-state index is -0.119. The van der Waals surface area contributed by atoms with Crippen LogP contribution in [-0.4, -0.2) is 10.2 Å². The molecule has 4 rings (SSSR count). The van der Waals surface area contributed by atoms with Gasteiger partial charge in [0.05, 0.1) is 18.6 Å². The number of hydrogen-bond acceptors (Lipinski definition) is 4. The molecule has 0 aliphatic carbocycles. The molecule has 156 valence electrons. The van der Waals surface area contributed by atoms with Crippen LogP contribution in [0.4, 0.5) is 5.69 Å². The topological polar surface area (TPSA) is 29.5 Å². The number of nitrogens with zero attached hydrogens (tertiary/aromatic N) is 1. The normalized spacial score (nSPS) is 15.1. The molecule has 1 amide bonds. The Morgan fingerprint density at radius 1 is 1.13 bits per heavy atom. The molecule has 1 saturated heterocycles. The summed E-state index contributed by atoms with van der Waals surface area (Å²) in [5.74, 6) is 0.612. The highest BCUT2D eigenvalue weighted by molar-refractivity contribution is 14.1. The van der Waals surface area contributed by atoms with E-state index >= 15 is 0 Å². The number of halogens is 3. The van der Waals surface area contributed by atoms with E-state index in [1.54, 1.807) is 4.90 Å². The minimum absolute atomic E-state index is 0.119. The van der Waals surface area contributed by atoms with Crippen LogP contribution in [-0.2, 0) is 11.4 Å². The van der Waals surface area contributed by atoms with Crippen molar-refractivity contribution in [2.75, 3.05) is 4.90 Å². The zero-order valence-electron chi connectivity index (χ0n) is 15.8. The second-order valence-corrected chi connectivity index (χ2v) is 10.6. The molecule has 0 spiro atoms. The summed E-state index contributed by atoms with van der Waals surface area (Å²) in [4.78, 5) is 15.1. The van der Waals surface area contributed by atoms with Crippen LogP contribution in [0.1, 0.15) is 11.1 Å². The second-order valence-electron chi connectivity index (χ2n) is 6.55. The molecule has 1 aliphatic rings. The van der Waals surface area contributed by atoms with Crippen LogP contribution >= 0.6 is 74.1 Å². The number of amides is 1. The fourth-order valence-electron chi connectivity index (χ4n) is 2.98. The molecule has 3 aromatic carbocycles. The van der Waals surface area contributed by atoms with Gasteiger partial charge in [0.1, 0.15) is 12.4 Å². The number of thioether (sulfide) groups is 1. The summed E-state index contributed by atoms with van der Waals surface area (Å²) in [6.07, 6.45) is 1.85. The Balaban J connectivity index is 1.56. The molecule has 0 aromatic heterocycles. The summed E-state index contributed by atoms with van der Waals surface area (Å²) in [5.41, 5.74) is 2.57. The van der Waals surface area contributed by atoms with Crippen LogP contribution in [0.25, 0.3) is 6.08 Å². The lowest BCUT2D eigenvalue weighted by Gasteiger charge is -2.14. The van der Waals surface area contributed by atoms with E-state index in [-0.39, 0.29) is 5.91 Å². The van der Waals surface area contributed by atoms with E-state index in [0.29, 0.717) is 20.9 Å². The van der Waals surface area contributed by atoms with Crippen LogP contribution < -0.4 is 9.64 Å². The maximum absolute atomic E-state index is 12.9. The third-order valence-electron chi connectivity index (χ3n) is 4.46. The quantitative estimate of drug-likeness (QED) is 0.162. The monoisotopic (exact) mass is 641 g/mol. The average molecular weight is 643 g/mol. The molecule has 31 heavy (non-hydrogen) atoms. The van der Waals surface area contributed by atoms with Crippen molar-refractivity contribution < 1.29 is 9.53 Å². The SMILES string of the molecule is O=C1/C(=C\c2cc(Br)c(OCc3ccccc3Cl)c(I)c2)SC(=S)N1c1ccccc1. The predicted molar refractivity (Wildman–Crippen MR) is 145 cm³/mol. The van der Waals surface area contributed by atoms with Crippen LogP contribution in [0.2, 0.25) is 5.02 Å². The summed E-state index contributed by atoms with van der Waals surface area (Å²) >= 11 is 18.8. The number of anilines is 1. The van der Waals surface area contributed by atoms with E-state index in [1.807, 2.05) is 72.8 Å². The van der Waals surface area contributed by atoms with Crippen LogP contribution in [0, 0.1) is 3.57 Å². The highest BCUT2D eigenvalue weighted by atomic mass is 127. The molecule has 3 nitrogen and oxygen atoms in total. The number of carbonyl (C=O) groups excluding carboxylic acids is 1. The molecule has 0 saturated carbocycles. The van der Waals surface area contributed by atoms with Gasteiger partial charge in [-0.15, -0.1) is 0 Å². The molecular formula is C23H14BrClINO2S2. The van der Waals surface area contributed by atoms with E-state index in [0.717, 1.165) is 30.6 Å². The maximum atomic E-state index is 12.9. The first kappa shape index (κ1) is 22.8. The van der Waals surface area contributed by atoms with Crippen LogP contribution in [0.5, 0.6) is 5.75 Å². The number of thiocarbonyl (C=S) groups is 1. The Kier molecular flexibility index (Phi) is 7.38. The molecule has 0 atom stereocenters. The highest BCUT2D eigenvalue weighted by Crippen LogP contribution is 2.38. The maximum Gasteiger partial charge on any atom is 0.270 e. The van der Waals surface area contributed by atoms with Gasteiger partial charge in [-0.2, -0.15) is 0 Å². The van der Waals surface area contributed by atoms with E-state index in [4.69, 9.17) is 28.6 Å². The van der Waals surface area contributed by atoms with E-state index in [2.05, 4.69) is 38.5 Å². The van der Waals surface area contributed by atoms with E-state index in [9.17, 15) is 4.79 Å². The fourth-order valence-corrected chi connectivity index (χ4v) is 6.24. The van der Waals surface area contributed by atoms with Gasteiger partial charge in [0.15, 0.2) is 4.32 Å². The molecule has 8 heteroatoms. The van der Waals surface area contributed by atoms with Gasteiger partial charge >= 0.3 is 0 Å². The van der Waals surface area contributed by atoms with Crippen molar-refractivity contribution in [2.24, 2.45) is 0 Å². The zero-order valence-corrected chi connectivity index (χ0v) is 22.0. The molecule has 1 heterocycles. The molecule has 1 fully saturated rings. The molecular weight excluding hydrogens is 629 g/mol. The van der Waals surface area contributed by atoms with Gasteiger partial charge in [-0.25, -0.2) is 0 Å². The highest BCUT2D eigenvalue weighted by Gasteiger charge is 2.33. The largest absolute Gasteiger partial charge is 0.487 e. The van der Waals surface area contributed by atoms with Gasteiger partial charge in [-0.1, -0.05) is 72.0 Å². The summed E-state index contributed by atoms with van der Waals surface area (Å²) in [6.45, 7) is 0.364. The summed E-state index contributed by atoms with van der Waals surface area (Å²) in [5, 5.41) is 0.672. The minimum Gasteiger partial charge on any atom is -0.487 e. The summed E-state index contributed by atoms with van der Waals surface area (Å²) < 4.78 is 8.26. The molecule has 3 aromatic rings. The van der Waals surface area contributed by atoms with Gasteiger partial charge < -0.3 is 4.74 Å². The number of hydrogen-bond donors (Lipinski definition) is 0. The average Bonchev–Trinajstić information content (AvgIpc) is 3.02. The number of rotatable bonds is 5. The first-order valence-electron chi connectivity index (χ1n) is 9.12. The fraction of sp³-hybridized carbons (Fsp3) is 0.0435. The van der Waals surface area contributed by atoms with E-state index in [1.165, 1.54) is 11.8 Å². The van der Waals surface area contributed by atoms with Crippen molar-refractivity contribution in [3.8, 4) is 5.75 Å². The van der Waals surface area contributed by atoms with Crippen molar-refractivity contribution in [3.05, 3.63) is 95.8 Å². The van der Waals surface area contributed by atoms with E-state index < -0.39 is 0 Å². The van der Waals surface area contributed by atoms with Gasteiger partial charge in [-0.3, -0.25) is 9.69 Å². The Morgan fingerprint density at radius 3 is 2.55 bits per heavy atom. The van der Waals surface area contributed by atoms with Gasteiger partial charge in [0, 0.05) is 10.6 Å². The van der Waals surface area contributed by atoms with Crippen LogP contribution in [0.15, 0.2) is 76.1 Å². The molecule has 0 N–H and O–H groups in total. The van der Waals surface area contributed by atoms with Crippen molar-refractivity contribution in [3.63, 3.8) is 0 Å². The number of carbonyl (C=O) groups is 1. The third-order valence-corrected chi connectivity index (χ3v) is 7.52. The Labute approximate surface area is 217 Å². The number of benzene rings is 3. The molecule has 1 aliphatic heterocycles. The first-order chi connectivity index (χ1) is 14.9. The first-order valence-corrected chi connectivity index (χ1v) is 12.6. The second kappa shape index (κ2) is 10.0. The lowest BCUT2D eigenvalue weighted by Crippen LogP contribution is -2.27. The smallest absolute Gasteiger partial charge is 0.270 e. The predicted octanol–water partition coefficient (Wildman–Crippen LogP) is 7.69. The van der Waals surface area contributed by atoms with Crippen molar-refractivity contribution in [1.82, 2.24) is 0 Å².